The number of aromatic nitrogens is 2. The van der Waals surface area contributed by atoms with E-state index in [1.54, 1.807) is 6.07 Å². The van der Waals surface area contributed by atoms with Crippen LogP contribution in [0.2, 0.25) is 0 Å². The van der Waals surface area contributed by atoms with Crippen LogP contribution in [0.1, 0.15) is 19.4 Å². The van der Waals surface area contributed by atoms with Crippen molar-refractivity contribution in [1.82, 2.24) is 10.3 Å². The van der Waals surface area contributed by atoms with Gasteiger partial charge in [0.1, 0.15) is 5.52 Å². The molecule has 0 saturated carbocycles. The van der Waals surface area contributed by atoms with Crippen molar-refractivity contribution in [3.05, 3.63) is 27.8 Å². The molecule has 16 heavy (non-hydrogen) atoms. The Hall–Kier alpha value is -1.98. The van der Waals surface area contributed by atoms with Gasteiger partial charge in [0.15, 0.2) is 0 Å². The molecule has 2 aromatic rings. The minimum atomic E-state index is -0.480. The molecule has 2 rings (SSSR count). The highest BCUT2D eigenvalue weighted by Crippen LogP contribution is 2.26. The summed E-state index contributed by atoms with van der Waals surface area (Å²) >= 11 is 0. The molecule has 1 aromatic heterocycles. The Morgan fingerprint density at radius 2 is 2.06 bits per heavy atom. The number of benzene rings is 1. The molecule has 0 N–H and O–H groups in total. The van der Waals surface area contributed by atoms with Gasteiger partial charge in [0.25, 0.3) is 0 Å². The SMILES string of the molecule is CC(C)Cc1ccc([N+](=O)[O-])c2nonc12. The van der Waals surface area contributed by atoms with Crippen LogP contribution in [0.5, 0.6) is 0 Å². The van der Waals surface area contributed by atoms with Crippen molar-refractivity contribution in [2.45, 2.75) is 20.3 Å². The summed E-state index contributed by atoms with van der Waals surface area (Å²) in [7, 11) is 0. The summed E-state index contributed by atoms with van der Waals surface area (Å²) in [4.78, 5) is 10.3. The van der Waals surface area contributed by atoms with Crippen LogP contribution in [-0.2, 0) is 6.42 Å². The molecule has 0 fully saturated rings. The molecule has 6 nitrogen and oxygen atoms in total. The third kappa shape index (κ3) is 1.73. The molecular formula is C10H11N3O3. The Kier molecular flexibility index (Phi) is 2.55. The topological polar surface area (TPSA) is 82.1 Å². The number of hydrogen-bond donors (Lipinski definition) is 0. The standard InChI is InChI=1S/C10H11N3O3/c1-6(2)5-7-3-4-8(13(14)15)10-9(7)11-16-12-10/h3-4,6H,5H2,1-2H3. The molecule has 0 bridgehead atoms. The van der Waals surface area contributed by atoms with Crippen molar-refractivity contribution < 1.29 is 9.55 Å². The third-order valence-corrected chi connectivity index (χ3v) is 2.30. The molecule has 0 aliphatic rings. The smallest absolute Gasteiger partial charge is 0.258 e. The minimum Gasteiger partial charge on any atom is -0.258 e. The summed E-state index contributed by atoms with van der Waals surface area (Å²) in [5.74, 6) is 0.446. The van der Waals surface area contributed by atoms with Crippen molar-refractivity contribution in [2.75, 3.05) is 0 Å². The first kappa shape index (κ1) is 10.5. The molecule has 1 aromatic carbocycles. The molecule has 0 radical (unpaired) electrons. The first-order valence-electron chi connectivity index (χ1n) is 4.98. The predicted molar refractivity (Wildman–Crippen MR) is 57.0 cm³/mol. The second-order valence-corrected chi connectivity index (χ2v) is 4.06. The van der Waals surface area contributed by atoms with E-state index in [1.165, 1.54) is 6.07 Å². The summed E-state index contributed by atoms with van der Waals surface area (Å²) in [6, 6.07) is 3.16. The van der Waals surface area contributed by atoms with Crippen LogP contribution in [-0.4, -0.2) is 15.2 Å². The fourth-order valence-electron chi connectivity index (χ4n) is 1.66. The van der Waals surface area contributed by atoms with Gasteiger partial charge < -0.3 is 0 Å². The van der Waals surface area contributed by atoms with Gasteiger partial charge in [-0.3, -0.25) is 10.1 Å². The minimum absolute atomic E-state index is 0.0660. The first-order chi connectivity index (χ1) is 7.59. The largest absolute Gasteiger partial charge is 0.300 e. The van der Waals surface area contributed by atoms with E-state index in [4.69, 9.17) is 0 Å². The summed E-state index contributed by atoms with van der Waals surface area (Å²) < 4.78 is 4.57. The molecule has 0 spiro atoms. The number of non-ortho nitro benzene ring substituents is 1. The zero-order chi connectivity index (χ0) is 11.7. The Balaban J connectivity index is 2.59. The van der Waals surface area contributed by atoms with E-state index >= 15 is 0 Å². The summed E-state index contributed by atoms with van der Waals surface area (Å²) in [5, 5.41) is 18.0. The summed E-state index contributed by atoms with van der Waals surface area (Å²) in [6.07, 6.45) is 0.794. The predicted octanol–water partition coefficient (Wildman–Crippen LogP) is 2.33. The van der Waals surface area contributed by atoms with Gasteiger partial charge in [-0.25, -0.2) is 4.63 Å². The molecule has 1 heterocycles. The molecule has 0 amide bonds. The molecule has 0 aliphatic heterocycles. The summed E-state index contributed by atoms with van der Waals surface area (Å²) in [6.45, 7) is 4.14. The number of nitrogens with zero attached hydrogens (tertiary/aromatic N) is 3. The third-order valence-electron chi connectivity index (χ3n) is 2.30. The molecule has 84 valence electrons. The number of hydrogen-bond acceptors (Lipinski definition) is 5. The Bertz CT molecular complexity index is 533. The van der Waals surface area contributed by atoms with Gasteiger partial charge in [0.2, 0.25) is 5.52 Å². The average Bonchev–Trinajstić information content (AvgIpc) is 2.65. The van der Waals surface area contributed by atoms with Crippen LogP contribution in [0.4, 0.5) is 5.69 Å². The number of rotatable bonds is 3. The van der Waals surface area contributed by atoms with Crippen molar-refractivity contribution in [3.63, 3.8) is 0 Å². The molecule has 6 heteroatoms. The van der Waals surface area contributed by atoms with Crippen molar-refractivity contribution in [3.8, 4) is 0 Å². The van der Waals surface area contributed by atoms with Gasteiger partial charge in [0.05, 0.1) is 4.92 Å². The van der Waals surface area contributed by atoms with E-state index in [0.29, 0.717) is 11.4 Å². The van der Waals surface area contributed by atoms with Gasteiger partial charge >= 0.3 is 5.69 Å². The second-order valence-electron chi connectivity index (χ2n) is 4.06. The molecule has 0 atom stereocenters. The van der Waals surface area contributed by atoms with Gasteiger partial charge in [-0.1, -0.05) is 13.8 Å². The van der Waals surface area contributed by atoms with Crippen LogP contribution < -0.4 is 0 Å². The second kappa shape index (κ2) is 3.88. The van der Waals surface area contributed by atoms with Crippen molar-refractivity contribution in [1.29, 1.82) is 0 Å². The fraction of sp³-hybridized carbons (Fsp3) is 0.400. The number of nitro benzene ring substituents is 1. The van der Waals surface area contributed by atoms with Gasteiger partial charge in [0, 0.05) is 6.07 Å². The fourth-order valence-corrected chi connectivity index (χ4v) is 1.66. The number of fused-ring (bicyclic) bond motifs is 1. The van der Waals surface area contributed by atoms with Crippen LogP contribution in [0.15, 0.2) is 16.8 Å². The van der Waals surface area contributed by atoms with Crippen LogP contribution in [0.3, 0.4) is 0 Å². The molecule has 0 unspecified atom stereocenters. The maximum atomic E-state index is 10.7. The molecule has 0 aliphatic carbocycles. The Labute approximate surface area is 91.4 Å². The summed E-state index contributed by atoms with van der Waals surface area (Å²) in [5.41, 5.74) is 1.58. The van der Waals surface area contributed by atoms with Crippen molar-refractivity contribution >= 4 is 16.7 Å². The quantitative estimate of drug-likeness (QED) is 0.586. The van der Waals surface area contributed by atoms with E-state index in [0.717, 1.165) is 12.0 Å². The normalized spacial score (nSPS) is 11.2. The Morgan fingerprint density at radius 1 is 1.38 bits per heavy atom. The van der Waals surface area contributed by atoms with Crippen molar-refractivity contribution in [2.24, 2.45) is 5.92 Å². The molecular weight excluding hydrogens is 210 g/mol. The van der Waals surface area contributed by atoms with Crippen LogP contribution in [0.25, 0.3) is 11.0 Å². The lowest BCUT2D eigenvalue weighted by atomic mass is 10.0. The van der Waals surface area contributed by atoms with E-state index in [-0.39, 0.29) is 11.2 Å². The van der Waals surface area contributed by atoms with E-state index in [9.17, 15) is 10.1 Å². The molecule has 0 saturated heterocycles. The van der Waals surface area contributed by atoms with Gasteiger partial charge in [-0.2, -0.15) is 0 Å². The lowest BCUT2D eigenvalue weighted by Gasteiger charge is -2.04. The highest BCUT2D eigenvalue weighted by atomic mass is 16.6. The highest BCUT2D eigenvalue weighted by molar-refractivity contribution is 5.85. The van der Waals surface area contributed by atoms with E-state index < -0.39 is 4.92 Å². The van der Waals surface area contributed by atoms with E-state index in [1.807, 2.05) is 0 Å². The maximum Gasteiger partial charge on any atom is 0.300 e. The van der Waals surface area contributed by atoms with Gasteiger partial charge in [-0.15, -0.1) is 0 Å². The lowest BCUT2D eigenvalue weighted by molar-refractivity contribution is -0.383. The monoisotopic (exact) mass is 221 g/mol. The maximum absolute atomic E-state index is 10.7. The van der Waals surface area contributed by atoms with Gasteiger partial charge in [-0.05, 0) is 34.3 Å². The highest BCUT2D eigenvalue weighted by Gasteiger charge is 2.19. The van der Waals surface area contributed by atoms with Crippen LogP contribution in [0, 0.1) is 16.0 Å². The zero-order valence-corrected chi connectivity index (χ0v) is 9.01. The Morgan fingerprint density at radius 3 is 2.69 bits per heavy atom. The van der Waals surface area contributed by atoms with Crippen LogP contribution >= 0.6 is 0 Å². The number of nitro groups is 1. The zero-order valence-electron chi connectivity index (χ0n) is 9.01. The average molecular weight is 221 g/mol. The lowest BCUT2D eigenvalue weighted by Crippen LogP contribution is -1.97. The van der Waals surface area contributed by atoms with E-state index in [2.05, 4.69) is 28.8 Å². The first-order valence-corrected chi connectivity index (χ1v) is 4.98.